The predicted molar refractivity (Wildman–Crippen MR) is 112 cm³/mol. The molecule has 29 heavy (non-hydrogen) atoms. The molecule has 1 amide bonds. The van der Waals surface area contributed by atoms with Gasteiger partial charge in [0.1, 0.15) is 4.21 Å². The minimum atomic E-state index is -3.83. The topological polar surface area (TPSA) is 102 Å². The SMILES string of the molecule is CC(OC(=O)c1ccccc1NS(=O)(=O)c1cccs1)C(=O)Nc1ccccc1. The number of ether oxygens (including phenoxy) is 1. The van der Waals surface area contributed by atoms with Gasteiger partial charge in [0.15, 0.2) is 6.10 Å². The molecular formula is C20H18N2O5S2. The fourth-order valence-electron chi connectivity index (χ4n) is 2.40. The van der Waals surface area contributed by atoms with Crippen molar-refractivity contribution >= 4 is 44.6 Å². The van der Waals surface area contributed by atoms with Crippen molar-refractivity contribution in [3.8, 4) is 0 Å². The highest BCUT2D eigenvalue weighted by atomic mass is 32.2. The molecule has 1 heterocycles. The molecule has 0 bridgehead atoms. The number of benzene rings is 2. The van der Waals surface area contributed by atoms with Crippen molar-refractivity contribution in [3.63, 3.8) is 0 Å². The monoisotopic (exact) mass is 430 g/mol. The fraction of sp³-hybridized carbons (Fsp3) is 0.100. The van der Waals surface area contributed by atoms with Crippen LogP contribution in [0.3, 0.4) is 0 Å². The molecule has 3 rings (SSSR count). The summed E-state index contributed by atoms with van der Waals surface area (Å²) in [6, 6.07) is 17.9. The van der Waals surface area contributed by atoms with Crippen LogP contribution in [-0.4, -0.2) is 26.4 Å². The van der Waals surface area contributed by atoms with Crippen LogP contribution >= 0.6 is 11.3 Å². The maximum atomic E-state index is 12.6. The molecule has 0 aliphatic rings. The summed E-state index contributed by atoms with van der Waals surface area (Å²) in [7, 11) is -3.83. The largest absolute Gasteiger partial charge is 0.449 e. The zero-order chi connectivity index (χ0) is 20.9. The number of hydrogen-bond acceptors (Lipinski definition) is 6. The lowest BCUT2D eigenvalue weighted by Gasteiger charge is -2.15. The summed E-state index contributed by atoms with van der Waals surface area (Å²) >= 11 is 1.06. The lowest BCUT2D eigenvalue weighted by Crippen LogP contribution is -2.30. The zero-order valence-electron chi connectivity index (χ0n) is 15.4. The van der Waals surface area contributed by atoms with Gasteiger partial charge in [-0.3, -0.25) is 9.52 Å². The van der Waals surface area contributed by atoms with Crippen LogP contribution in [-0.2, 0) is 19.6 Å². The lowest BCUT2D eigenvalue weighted by atomic mass is 10.2. The first kappa shape index (κ1) is 20.6. The predicted octanol–water partition coefficient (Wildman–Crippen LogP) is 3.73. The number of hydrogen-bond donors (Lipinski definition) is 2. The smallest absolute Gasteiger partial charge is 0.341 e. The Kier molecular flexibility index (Phi) is 6.30. The average molecular weight is 431 g/mol. The molecule has 1 unspecified atom stereocenters. The van der Waals surface area contributed by atoms with Crippen LogP contribution in [0.2, 0.25) is 0 Å². The average Bonchev–Trinajstić information content (AvgIpc) is 3.24. The number of nitrogens with one attached hydrogen (secondary N) is 2. The molecule has 3 aromatic rings. The highest BCUT2D eigenvalue weighted by Gasteiger charge is 2.23. The van der Waals surface area contributed by atoms with Crippen LogP contribution in [0.1, 0.15) is 17.3 Å². The number of para-hydroxylation sites is 2. The van der Waals surface area contributed by atoms with Gasteiger partial charge in [0.05, 0.1) is 11.3 Å². The van der Waals surface area contributed by atoms with E-state index in [1.54, 1.807) is 47.8 Å². The summed E-state index contributed by atoms with van der Waals surface area (Å²) in [5, 5.41) is 4.28. The van der Waals surface area contributed by atoms with Crippen LogP contribution in [0.25, 0.3) is 0 Å². The fourth-order valence-corrected chi connectivity index (χ4v) is 4.48. The van der Waals surface area contributed by atoms with Crippen LogP contribution in [0, 0.1) is 0 Å². The maximum absolute atomic E-state index is 12.6. The van der Waals surface area contributed by atoms with Gasteiger partial charge >= 0.3 is 5.97 Å². The molecule has 0 fully saturated rings. The summed E-state index contributed by atoms with van der Waals surface area (Å²) in [5.74, 6) is -1.31. The van der Waals surface area contributed by atoms with E-state index in [1.165, 1.54) is 25.1 Å². The van der Waals surface area contributed by atoms with Crippen molar-refractivity contribution in [1.29, 1.82) is 0 Å². The Bertz CT molecular complexity index is 1100. The molecule has 0 aliphatic heterocycles. The van der Waals surface area contributed by atoms with E-state index < -0.39 is 28.0 Å². The number of carbonyl (C=O) groups excluding carboxylic acids is 2. The van der Waals surface area contributed by atoms with E-state index in [9.17, 15) is 18.0 Å². The normalized spacial score (nSPS) is 12.0. The van der Waals surface area contributed by atoms with E-state index in [0.29, 0.717) is 5.69 Å². The van der Waals surface area contributed by atoms with Crippen LogP contribution in [0.4, 0.5) is 11.4 Å². The second kappa shape index (κ2) is 8.89. The highest BCUT2D eigenvalue weighted by molar-refractivity contribution is 7.94. The lowest BCUT2D eigenvalue weighted by molar-refractivity contribution is -0.123. The molecule has 1 atom stereocenters. The van der Waals surface area contributed by atoms with Crippen molar-refractivity contribution in [1.82, 2.24) is 0 Å². The third-order valence-corrected chi connectivity index (χ3v) is 6.61. The highest BCUT2D eigenvalue weighted by Crippen LogP contribution is 2.23. The number of amides is 1. The van der Waals surface area contributed by atoms with Crippen molar-refractivity contribution < 1.29 is 22.7 Å². The van der Waals surface area contributed by atoms with E-state index in [1.807, 2.05) is 6.07 Å². The quantitative estimate of drug-likeness (QED) is 0.556. The summed E-state index contributed by atoms with van der Waals surface area (Å²) < 4.78 is 32.7. The third kappa shape index (κ3) is 5.21. The molecule has 2 N–H and O–H groups in total. The van der Waals surface area contributed by atoms with Gasteiger partial charge in [-0.25, -0.2) is 13.2 Å². The number of esters is 1. The molecule has 0 aliphatic carbocycles. The van der Waals surface area contributed by atoms with Gasteiger partial charge < -0.3 is 10.1 Å². The van der Waals surface area contributed by atoms with Crippen LogP contribution < -0.4 is 10.0 Å². The zero-order valence-corrected chi connectivity index (χ0v) is 17.0. The summed E-state index contributed by atoms with van der Waals surface area (Å²) in [6.07, 6.45) is -1.08. The minimum absolute atomic E-state index is 0.00647. The first-order valence-electron chi connectivity index (χ1n) is 8.59. The molecule has 150 valence electrons. The molecule has 0 saturated carbocycles. The summed E-state index contributed by atoms with van der Waals surface area (Å²) in [6.45, 7) is 1.44. The Labute approximate surface area is 172 Å². The first-order chi connectivity index (χ1) is 13.9. The molecule has 0 saturated heterocycles. The second-order valence-electron chi connectivity index (χ2n) is 5.99. The van der Waals surface area contributed by atoms with Gasteiger partial charge in [0.2, 0.25) is 0 Å². The number of carbonyl (C=O) groups is 2. The molecule has 7 nitrogen and oxygen atoms in total. The Morgan fingerprint density at radius 1 is 0.966 bits per heavy atom. The Hall–Kier alpha value is -3.17. The minimum Gasteiger partial charge on any atom is -0.449 e. The van der Waals surface area contributed by atoms with Gasteiger partial charge in [0, 0.05) is 5.69 Å². The number of thiophene rings is 1. The van der Waals surface area contributed by atoms with Crippen molar-refractivity contribution in [3.05, 3.63) is 77.7 Å². The Morgan fingerprint density at radius 2 is 1.66 bits per heavy atom. The summed E-state index contributed by atoms with van der Waals surface area (Å²) in [5.41, 5.74) is 0.651. The van der Waals surface area contributed by atoms with Crippen LogP contribution in [0.5, 0.6) is 0 Å². The number of rotatable bonds is 7. The molecule has 0 spiro atoms. The van der Waals surface area contributed by atoms with Crippen molar-refractivity contribution in [2.24, 2.45) is 0 Å². The second-order valence-corrected chi connectivity index (χ2v) is 8.84. The van der Waals surface area contributed by atoms with Gasteiger partial charge in [0.25, 0.3) is 15.9 Å². The molecular weight excluding hydrogens is 412 g/mol. The van der Waals surface area contributed by atoms with Crippen molar-refractivity contribution in [2.75, 3.05) is 10.0 Å². The van der Waals surface area contributed by atoms with Gasteiger partial charge in [-0.05, 0) is 42.6 Å². The maximum Gasteiger partial charge on any atom is 0.341 e. The third-order valence-electron chi connectivity index (χ3n) is 3.85. The number of anilines is 2. The van der Waals surface area contributed by atoms with Gasteiger partial charge in [-0.2, -0.15) is 0 Å². The van der Waals surface area contributed by atoms with Crippen LogP contribution in [0.15, 0.2) is 76.3 Å². The first-order valence-corrected chi connectivity index (χ1v) is 11.0. The Morgan fingerprint density at radius 3 is 2.34 bits per heavy atom. The number of sulfonamides is 1. The molecule has 9 heteroatoms. The molecule has 1 aromatic heterocycles. The van der Waals surface area contributed by atoms with Gasteiger partial charge in [-0.15, -0.1) is 11.3 Å². The van der Waals surface area contributed by atoms with E-state index in [-0.39, 0.29) is 15.5 Å². The van der Waals surface area contributed by atoms with E-state index in [0.717, 1.165) is 11.3 Å². The van der Waals surface area contributed by atoms with Crippen molar-refractivity contribution in [2.45, 2.75) is 17.2 Å². The van der Waals surface area contributed by atoms with E-state index in [2.05, 4.69) is 10.0 Å². The van der Waals surface area contributed by atoms with Gasteiger partial charge in [-0.1, -0.05) is 36.4 Å². The molecule has 0 radical (unpaired) electrons. The van der Waals surface area contributed by atoms with E-state index in [4.69, 9.17) is 4.74 Å². The summed E-state index contributed by atoms with van der Waals surface area (Å²) in [4.78, 5) is 24.8. The standard InChI is InChI=1S/C20H18N2O5S2/c1-14(19(23)21-15-8-3-2-4-9-15)27-20(24)16-10-5-6-11-17(16)22-29(25,26)18-12-7-13-28-18/h2-14,22H,1H3,(H,21,23). The Balaban J connectivity index is 1.72. The van der Waals surface area contributed by atoms with E-state index >= 15 is 0 Å². The molecule has 2 aromatic carbocycles.